The molecule has 0 spiro atoms. The number of rotatable bonds is 8. The van der Waals surface area contributed by atoms with Gasteiger partial charge in [0, 0.05) is 25.6 Å². The Kier molecular flexibility index (Phi) is 7.24. The van der Waals surface area contributed by atoms with Crippen molar-refractivity contribution in [3.63, 3.8) is 0 Å². The molecule has 8 nitrogen and oxygen atoms in total. The first-order valence-electron chi connectivity index (χ1n) is 11.2. The molecule has 1 fully saturated rings. The van der Waals surface area contributed by atoms with Crippen molar-refractivity contribution in [2.24, 2.45) is 5.92 Å². The maximum Gasteiger partial charge on any atom is 0.407 e. The second-order valence-corrected chi connectivity index (χ2v) is 8.32. The van der Waals surface area contributed by atoms with E-state index in [9.17, 15) is 14.4 Å². The van der Waals surface area contributed by atoms with Crippen LogP contribution in [0.25, 0.3) is 11.1 Å². The van der Waals surface area contributed by atoms with Gasteiger partial charge in [0.15, 0.2) is 0 Å². The minimum Gasteiger partial charge on any atom is -0.481 e. The van der Waals surface area contributed by atoms with E-state index in [1.165, 1.54) is 16.0 Å². The standard InChI is InChI=1S/C25H28N2O6/c28-23(27-12-5-6-17(14-27)24(29)30)16-32-13-11-26-25(31)33-15-22-20-9-3-1-7-18(20)19-8-2-4-10-21(19)22/h1-4,7-10,17,22H,5-6,11-16H2,(H,26,31)(H,29,30). The van der Waals surface area contributed by atoms with E-state index in [-0.39, 0.29) is 44.7 Å². The molecule has 1 saturated heterocycles. The lowest BCUT2D eigenvalue weighted by Crippen LogP contribution is -2.44. The van der Waals surface area contributed by atoms with Crippen molar-refractivity contribution in [2.45, 2.75) is 18.8 Å². The van der Waals surface area contributed by atoms with Crippen LogP contribution in [0.2, 0.25) is 0 Å². The monoisotopic (exact) mass is 452 g/mol. The number of amides is 2. The van der Waals surface area contributed by atoms with Crippen molar-refractivity contribution in [3.8, 4) is 11.1 Å². The number of ether oxygens (including phenoxy) is 2. The zero-order chi connectivity index (χ0) is 23.2. The number of carboxylic acid groups (broad SMARTS) is 1. The van der Waals surface area contributed by atoms with E-state index < -0.39 is 18.0 Å². The summed E-state index contributed by atoms with van der Waals surface area (Å²) in [7, 11) is 0. The van der Waals surface area contributed by atoms with Gasteiger partial charge in [0.25, 0.3) is 0 Å². The fourth-order valence-electron chi connectivity index (χ4n) is 4.53. The lowest BCUT2D eigenvalue weighted by atomic mass is 9.98. The maximum absolute atomic E-state index is 12.2. The molecule has 0 aromatic heterocycles. The molecule has 1 aliphatic heterocycles. The summed E-state index contributed by atoms with van der Waals surface area (Å²) in [6.45, 7) is 1.23. The molecule has 2 N–H and O–H groups in total. The van der Waals surface area contributed by atoms with E-state index in [4.69, 9.17) is 14.6 Å². The molecule has 2 amide bonds. The van der Waals surface area contributed by atoms with E-state index in [0.717, 1.165) is 11.1 Å². The van der Waals surface area contributed by atoms with Crippen molar-refractivity contribution in [3.05, 3.63) is 59.7 Å². The molecule has 4 rings (SSSR count). The van der Waals surface area contributed by atoms with Gasteiger partial charge in [-0.1, -0.05) is 48.5 Å². The van der Waals surface area contributed by atoms with Gasteiger partial charge in [0.1, 0.15) is 13.2 Å². The fourth-order valence-corrected chi connectivity index (χ4v) is 4.53. The van der Waals surface area contributed by atoms with Crippen molar-refractivity contribution in [1.82, 2.24) is 10.2 Å². The molecule has 33 heavy (non-hydrogen) atoms. The maximum atomic E-state index is 12.2. The topological polar surface area (TPSA) is 105 Å². The Morgan fingerprint density at radius 1 is 1.03 bits per heavy atom. The van der Waals surface area contributed by atoms with E-state index >= 15 is 0 Å². The number of alkyl carbamates (subject to hydrolysis) is 1. The second-order valence-electron chi connectivity index (χ2n) is 8.32. The van der Waals surface area contributed by atoms with E-state index in [1.54, 1.807) is 0 Å². The Hall–Kier alpha value is -3.39. The zero-order valence-electron chi connectivity index (χ0n) is 18.4. The van der Waals surface area contributed by atoms with E-state index in [1.807, 2.05) is 24.3 Å². The van der Waals surface area contributed by atoms with Crippen molar-refractivity contribution >= 4 is 18.0 Å². The van der Waals surface area contributed by atoms with Gasteiger partial charge in [-0.3, -0.25) is 9.59 Å². The summed E-state index contributed by atoms with van der Waals surface area (Å²) in [5, 5.41) is 11.8. The Labute approximate surface area is 192 Å². The van der Waals surface area contributed by atoms with Crippen LogP contribution in [0.4, 0.5) is 4.79 Å². The molecule has 1 unspecified atom stereocenters. The van der Waals surface area contributed by atoms with Crippen LogP contribution < -0.4 is 5.32 Å². The highest BCUT2D eigenvalue weighted by Gasteiger charge is 2.29. The van der Waals surface area contributed by atoms with E-state index in [0.29, 0.717) is 19.4 Å². The Morgan fingerprint density at radius 3 is 2.36 bits per heavy atom. The summed E-state index contributed by atoms with van der Waals surface area (Å²) in [4.78, 5) is 37.0. The van der Waals surface area contributed by atoms with Gasteiger partial charge < -0.3 is 24.8 Å². The number of hydrogen-bond donors (Lipinski definition) is 2. The zero-order valence-corrected chi connectivity index (χ0v) is 18.4. The molecule has 1 atom stereocenters. The molecule has 0 bridgehead atoms. The normalized spacial score (nSPS) is 17.2. The SMILES string of the molecule is O=C(NCCOCC(=O)N1CCCC(C(=O)O)C1)OCC1c2ccccc2-c2ccccc21. The van der Waals surface area contributed by atoms with Gasteiger partial charge in [-0.15, -0.1) is 0 Å². The molecular formula is C25H28N2O6. The lowest BCUT2D eigenvalue weighted by Gasteiger charge is -2.30. The van der Waals surface area contributed by atoms with Crippen LogP contribution in [0.3, 0.4) is 0 Å². The average molecular weight is 453 g/mol. The van der Waals surface area contributed by atoms with Crippen LogP contribution in [-0.2, 0) is 19.1 Å². The quantitative estimate of drug-likeness (QED) is 0.597. The van der Waals surface area contributed by atoms with Crippen molar-refractivity contribution in [2.75, 3.05) is 39.5 Å². The first kappa shape index (κ1) is 22.8. The molecule has 0 radical (unpaired) electrons. The molecule has 8 heteroatoms. The summed E-state index contributed by atoms with van der Waals surface area (Å²) >= 11 is 0. The number of nitrogens with one attached hydrogen (secondary N) is 1. The summed E-state index contributed by atoms with van der Waals surface area (Å²) in [5.41, 5.74) is 4.64. The van der Waals surface area contributed by atoms with Crippen LogP contribution in [0, 0.1) is 5.92 Å². The number of hydrogen-bond acceptors (Lipinski definition) is 5. The Morgan fingerprint density at radius 2 is 1.70 bits per heavy atom. The van der Waals surface area contributed by atoms with Crippen LogP contribution in [0.1, 0.15) is 29.9 Å². The number of benzene rings is 2. The van der Waals surface area contributed by atoms with Crippen LogP contribution >= 0.6 is 0 Å². The number of fused-ring (bicyclic) bond motifs is 3. The molecule has 2 aliphatic rings. The third-order valence-corrected chi connectivity index (χ3v) is 6.21. The number of carbonyl (C=O) groups excluding carboxylic acids is 2. The number of carboxylic acids is 1. The molecule has 1 aliphatic carbocycles. The number of carbonyl (C=O) groups is 3. The average Bonchev–Trinajstić information content (AvgIpc) is 3.16. The number of nitrogens with zero attached hydrogens (tertiary/aromatic N) is 1. The summed E-state index contributed by atoms with van der Waals surface area (Å²) in [6, 6.07) is 16.3. The predicted molar refractivity (Wildman–Crippen MR) is 121 cm³/mol. The first-order valence-corrected chi connectivity index (χ1v) is 11.2. The van der Waals surface area contributed by atoms with Crippen LogP contribution in [0.5, 0.6) is 0 Å². The van der Waals surface area contributed by atoms with Gasteiger partial charge in [0.2, 0.25) is 5.91 Å². The molecule has 0 saturated carbocycles. The molecule has 2 aromatic rings. The van der Waals surface area contributed by atoms with Crippen LogP contribution in [-0.4, -0.2) is 67.4 Å². The minimum absolute atomic E-state index is 0.00353. The Bertz CT molecular complexity index is 978. The lowest BCUT2D eigenvalue weighted by molar-refractivity contribution is -0.147. The highest BCUT2D eigenvalue weighted by molar-refractivity contribution is 5.80. The molecular weight excluding hydrogens is 424 g/mol. The van der Waals surface area contributed by atoms with Gasteiger partial charge >= 0.3 is 12.1 Å². The third kappa shape index (κ3) is 5.34. The number of likely N-dealkylation sites (tertiary alicyclic amines) is 1. The summed E-state index contributed by atoms with van der Waals surface area (Å²) in [5.74, 6) is -1.63. The smallest absolute Gasteiger partial charge is 0.407 e. The molecule has 1 heterocycles. The van der Waals surface area contributed by atoms with Gasteiger partial charge in [0.05, 0.1) is 12.5 Å². The largest absolute Gasteiger partial charge is 0.481 e. The van der Waals surface area contributed by atoms with Gasteiger partial charge in [-0.05, 0) is 35.1 Å². The van der Waals surface area contributed by atoms with Crippen LogP contribution in [0.15, 0.2) is 48.5 Å². The fraction of sp³-hybridized carbons (Fsp3) is 0.400. The molecule has 174 valence electrons. The number of aliphatic carboxylic acids is 1. The molecule has 2 aromatic carbocycles. The van der Waals surface area contributed by atoms with Gasteiger partial charge in [-0.25, -0.2) is 4.79 Å². The summed E-state index contributed by atoms with van der Waals surface area (Å²) < 4.78 is 10.8. The predicted octanol–water partition coefficient (Wildman–Crippen LogP) is 2.86. The van der Waals surface area contributed by atoms with Crippen molar-refractivity contribution < 1.29 is 29.0 Å². The number of piperidine rings is 1. The first-order chi connectivity index (χ1) is 16.0. The van der Waals surface area contributed by atoms with Crippen molar-refractivity contribution in [1.29, 1.82) is 0 Å². The highest BCUT2D eigenvalue weighted by Crippen LogP contribution is 2.44. The highest BCUT2D eigenvalue weighted by atomic mass is 16.5. The van der Waals surface area contributed by atoms with Gasteiger partial charge in [-0.2, -0.15) is 0 Å². The third-order valence-electron chi connectivity index (χ3n) is 6.21. The second kappa shape index (κ2) is 10.5. The summed E-state index contributed by atoms with van der Waals surface area (Å²) in [6.07, 6.45) is 0.725. The Balaban J connectivity index is 1.17. The minimum atomic E-state index is -0.874. The van der Waals surface area contributed by atoms with E-state index in [2.05, 4.69) is 29.6 Å².